The average Bonchev–Trinajstić information content (AvgIpc) is 2.17. The third kappa shape index (κ3) is 4.85. The van der Waals surface area contributed by atoms with Gasteiger partial charge in [0, 0.05) is 12.1 Å². The fraction of sp³-hybridized carbons (Fsp3) is 0.538. The topological polar surface area (TPSA) is 42.2 Å². The monoisotopic (exact) mass is 237 g/mol. The second-order valence-electron chi connectivity index (χ2n) is 5.16. The summed E-state index contributed by atoms with van der Waals surface area (Å²) in [6.07, 6.45) is 1.58. The van der Waals surface area contributed by atoms with Crippen LogP contribution < -0.4 is 9.88 Å². The van der Waals surface area contributed by atoms with Gasteiger partial charge in [0.2, 0.25) is 5.69 Å². The molecule has 1 aromatic rings. The Kier molecular flexibility index (Phi) is 4.10. The summed E-state index contributed by atoms with van der Waals surface area (Å²) < 4.78 is 7.15. The highest BCUT2D eigenvalue weighted by molar-refractivity contribution is 5.67. The maximum atomic E-state index is 11.5. The highest BCUT2D eigenvalue weighted by Gasteiger charge is 2.17. The number of aromatic nitrogens is 1. The van der Waals surface area contributed by atoms with Crippen molar-refractivity contribution >= 4 is 6.09 Å². The molecule has 1 amide bonds. The second-order valence-corrected chi connectivity index (χ2v) is 5.16. The summed E-state index contributed by atoms with van der Waals surface area (Å²) in [5.41, 5.74) is 1.75. The number of carbonyl (C=O) groups is 1. The van der Waals surface area contributed by atoms with Gasteiger partial charge in [-0.15, -0.1) is 0 Å². The summed E-state index contributed by atoms with van der Waals surface area (Å²) >= 11 is 0. The van der Waals surface area contributed by atoms with Gasteiger partial charge in [-0.1, -0.05) is 0 Å². The van der Waals surface area contributed by atoms with Crippen LogP contribution in [0.3, 0.4) is 0 Å². The first-order valence-corrected chi connectivity index (χ1v) is 5.70. The van der Waals surface area contributed by atoms with Crippen LogP contribution in [0.5, 0.6) is 0 Å². The molecule has 1 aromatic heterocycles. The molecule has 1 heterocycles. The Balaban J connectivity index is 2.56. The molecule has 0 aliphatic heterocycles. The average molecular weight is 237 g/mol. The molecule has 4 heteroatoms. The Labute approximate surface area is 103 Å². The molecule has 0 saturated carbocycles. The summed E-state index contributed by atoms with van der Waals surface area (Å²) in [4.78, 5) is 11.5. The predicted octanol–water partition coefficient (Wildman–Crippen LogP) is 1.84. The Morgan fingerprint density at radius 3 is 2.71 bits per heavy atom. The van der Waals surface area contributed by atoms with E-state index in [1.54, 1.807) is 0 Å². The zero-order valence-electron chi connectivity index (χ0n) is 11.2. The minimum Gasteiger partial charge on any atom is -0.444 e. The fourth-order valence-electron chi connectivity index (χ4n) is 1.39. The van der Waals surface area contributed by atoms with Gasteiger partial charge in [-0.25, -0.2) is 9.36 Å². The van der Waals surface area contributed by atoms with Gasteiger partial charge in [-0.3, -0.25) is 0 Å². The first kappa shape index (κ1) is 13.5. The molecule has 0 radical (unpaired) electrons. The largest absolute Gasteiger partial charge is 0.444 e. The van der Waals surface area contributed by atoms with Gasteiger partial charge in [-0.05, 0) is 33.3 Å². The second kappa shape index (κ2) is 5.17. The van der Waals surface area contributed by atoms with Gasteiger partial charge in [0.1, 0.15) is 19.2 Å². The molecule has 1 N–H and O–H groups in total. The highest BCUT2D eigenvalue weighted by atomic mass is 16.6. The third-order valence-corrected chi connectivity index (χ3v) is 2.22. The molecule has 0 unspecified atom stereocenters. The molecular weight excluding hydrogens is 216 g/mol. The lowest BCUT2D eigenvalue weighted by atomic mass is 10.2. The van der Waals surface area contributed by atoms with Crippen LogP contribution in [0.4, 0.5) is 4.79 Å². The molecule has 0 spiro atoms. The van der Waals surface area contributed by atoms with Crippen molar-refractivity contribution in [3.05, 3.63) is 29.6 Å². The van der Waals surface area contributed by atoms with Crippen LogP contribution in [0.15, 0.2) is 18.3 Å². The maximum Gasteiger partial charge on any atom is 0.408 e. The van der Waals surface area contributed by atoms with Crippen molar-refractivity contribution in [2.75, 3.05) is 0 Å². The van der Waals surface area contributed by atoms with Crippen molar-refractivity contribution in [2.24, 2.45) is 7.05 Å². The number of pyridine rings is 1. The van der Waals surface area contributed by atoms with Gasteiger partial charge in [0.05, 0.1) is 0 Å². The van der Waals surface area contributed by atoms with Gasteiger partial charge in [-0.2, -0.15) is 0 Å². The molecule has 1 rings (SSSR count). The minimum atomic E-state index is -0.459. The molecule has 0 aliphatic rings. The van der Waals surface area contributed by atoms with Crippen LogP contribution in [-0.4, -0.2) is 11.7 Å². The standard InChI is InChI=1S/C13H20N2O2/c1-10-6-7-15(5)11(8-10)9-14-12(16)17-13(2,3)4/h6-8H,9H2,1-5H3/p+1. The molecule has 0 aliphatic carbocycles. The van der Waals surface area contributed by atoms with E-state index >= 15 is 0 Å². The van der Waals surface area contributed by atoms with Crippen molar-refractivity contribution in [3.63, 3.8) is 0 Å². The molecule has 4 nitrogen and oxygen atoms in total. The van der Waals surface area contributed by atoms with Crippen molar-refractivity contribution in [1.82, 2.24) is 5.32 Å². The van der Waals surface area contributed by atoms with Gasteiger partial charge in [0.25, 0.3) is 0 Å². The van der Waals surface area contributed by atoms with E-state index in [0.29, 0.717) is 6.54 Å². The van der Waals surface area contributed by atoms with Crippen LogP contribution in [0.25, 0.3) is 0 Å². The molecule has 0 atom stereocenters. The van der Waals surface area contributed by atoms with Crippen LogP contribution in [0.2, 0.25) is 0 Å². The normalized spacial score (nSPS) is 11.1. The highest BCUT2D eigenvalue weighted by Crippen LogP contribution is 2.06. The van der Waals surface area contributed by atoms with Crippen molar-refractivity contribution in [2.45, 2.75) is 39.8 Å². The van der Waals surface area contributed by atoms with Crippen LogP contribution in [0.1, 0.15) is 32.0 Å². The summed E-state index contributed by atoms with van der Waals surface area (Å²) in [7, 11) is 1.95. The first-order chi connectivity index (χ1) is 7.78. The van der Waals surface area contributed by atoms with E-state index in [1.807, 2.05) is 57.6 Å². The van der Waals surface area contributed by atoms with E-state index in [1.165, 1.54) is 5.56 Å². The number of aryl methyl sites for hydroxylation is 2. The number of rotatable bonds is 2. The van der Waals surface area contributed by atoms with E-state index in [-0.39, 0.29) is 6.09 Å². The van der Waals surface area contributed by atoms with Crippen molar-refractivity contribution < 1.29 is 14.1 Å². The number of nitrogens with one attached hydrogen (secondary N) is 1. The third-order valence-electron chi connectivity index (χ3n) is 2.22. The van der Waals surface area contributed by atoms with Crippen molar-refractivity contribution in [3.8, 4) is 0 Å². The Morgan fingerprint density at radius 1 is 1.47 bits per heavy atom. The molecule has 0 aromatic carbocycles. The van der Waals surface area contributed by atoms with Gasteiger partial charge >= 0.3 is 6.09 Å². The van der Waals surface area contributed by atoms with Crippen molar-refractivity contribution in [1.29, 1.82) is 0 Å². The molecule has 17 heavy (non-hydrogen) atoms. The quantitative estimate of drug-likeness (QED) is 0.798. The van der Waals surface area contributed by atoms with E-state index in [0.717, 1.165) is 5.69 Å². The number of amides is 1. The van der Waals surface area contributed by atoms with E-state index in [4.69, 9.17) is 4.74 Å². The molecule has 94 valence electrons. The lowest BCUT2D eigenvalue weighted by Crippen LogP contribution is -2.39. The molecular formula is C13H21N2O2+. The zero-order chi connectivity index (χ0) is 13.1. The Bertz CT molecular complexity index is 408. The number of carbonyl (C=O) groups excluding carboxylic acids is 1. The maximum absolute atomic E-state index is 11.5. The number of hydrogen-bond donors (Lipinski definition) is 1. The number of ether oxygens (including phenoxy) is 1. The van der Waals surface area contributed by atoms with E-state index < -0.39 is 5.60 Å². The van der Waals surface area contributed by atoms with E-state index in [9.17, 15) is 4.79 Å². The minimum absolute atomic E-state index is 0.390. The smallest absolute Gasteiger partial charge is 0.408 e. The Morgan fingerprint density at radius 2 is 2.12 bits per heavy atom. The van der Waals surface area contributed by atoms with Crippen LogP contribution >= 0.6 is 0 Å². The summed E-state index contributed by atoms with van der Waals surface area (Å²) in [5, 5.41) is 2.74. The van der Waals surface area contributed by atoms with E-state index in [2.05, 4.69) is 5.32 Å². The molecule has 0 bridgehead atoms. The number of alkyl carbamates (subject to hydrolysis) is 1. The lowest BCUT2D eigenvalue weighted by Gasteiger charge is -2.19. The first-order valence-electron chi connectivity index (χ1n) is 5.70. The summed E-state index contributed by atoms with van der Waals surface area (Å²) in [6, 6.07) is 4.06. The SMILES string of the molecule is Cc1cc[n+](C)c(CNC(=O)OC(C)(C)C)c1. The molecule has 0 saturated heterocycles. The number of hydrogen-bond acceptors (Lipinski definition) is 2. The van der Waals surface area contributed by atoms with Gasteiger partial charge < -0.3 is 10.1 Å². The number of nitrogens with zero attached hydrogens (tertiary/aromatic N) is 1. The zero-order valence-corrected chi connectivity index (χ0v) is 11.2. The Hall–Kier alpha value is -1.58. The van der Waals surface area contributed by atoms with Gasteiger partial charge in [0.15, 0.2) is 6.20 Å². The lowest BCUT2D eigenvalue weighted by molar-refractivity contribution is -0.679. The summed E-state index contributed by atoms with van der Waals surface area (Å²) in [6.45, 7) is 8.03. The van der Waals surface area contributed by atoms with Crippen LogP contribution in [0, 0.1) is 6.92 Å². The fourth-order valence-corrected chi connectivity index (χ4v) is 1.39. The predicted molar refractivity (Wildman–Crippen MR) is 65.4 cm³/mol. The molecule has 0 fully saturated rings. The van der Waals surface area contributed by atoms with Crippen LogP contribution in [-0.2, 0) is 18.3 Å². The summed E-state index contributed by atoms with van der Waals surface area (Å²) in [5.74, 6) is 0.